The van der Waals surface area contributed by atoms with Crippen LogP contribution in [-0.4, -0.2) is 57.0 Å². The normalized spacial score (nSPS) is 22.8. The first-order chi connectivity index (χ1) is 11.9. The topological polar surface area (TPSA) is 49.9 Å². The molecule has 3 rings (SSSR count). The summed E-state index contributed by atoms with van der Waals surface area (Å²) in [5, 5.41) is 0. The molecule has 0 spiro atoms. The predicted octanol–water partition coefficient (Wildman–Crippen LogP) is 2.72. The highest BCUT2D eigenvalue weighted by Gasteiger charge is 2.29. The largest absolute Gasteiger partial charge is 0.379 e. The van der Waals surface area contributed by atoms with E-state index in [1.807, 2.05) is 18.2 Å². The third-order valence-corrected chi connectivity index (χ3v) is 7.72. The van der Waals surface area contributed by atoms with Crippen LogP contribution in [0.3, 0.4) is 0 Å². The minimum atomic E-state index is -3.41. The molecule has 2 aliphatic rings. The minimum absolute atomic E-state index is 0.405. The minimum Gasteiger partial charge on any atom is -0.379 e. The standard InChI is InChI=1S/C19H30N2O3S/c1-3-19(2)7-9-20(10-8-19)16-17-5-4-6-18(15-17)25(22,23)21-11-13-24-14-12-21/h4-6,15H,3,7-14,16H2,1-2H3. The molecule has 0 saturated carbocycles. The number of ether oxygens (including phenoxy) is 1. The number of nitrogens with zero attached hydrogens (tertiary/aromatic N) is 2. The van der Waals surface area contributed by atoms with E-state index in [-0.39, 0.29) is 0 Å². The first-order valence-corrected chi connectivity index (χ1v) is 10.8. The molecule has 2 aliphatic heterocycles. The van der Waals surface area contributed by atoms with Crippen molar-refractivity contribution in [3.63, 3.8) is 0 Å². The molecule has 140 valence electrons. The monoisotopic (exact) mass is 366 g/mol. The Labute approximate surface area is 152 Å². The van der Waals surface area contributed by atoms with E-state index in [1.165, 1.54) is 23.6 Å². The second-order valence-corrected chi connectivity index (χ2v) is 9.54. The molecule has 1 aromatic carbocycles. The molecule has 0 amide bonds. The molecular formula is C19H30N2O3S. The number of benzene rings is 1. The number of likely N-dealkylation sites (tertiary alicyclic amines) is 1. The molecule has 0 aliphatic carbocycles. The molecule has 2 fully saturated rings. The van der Waals surface area contributed by atoms with Crippen molar-refractivity contribution in [2.45, 2.75) is 44.6 Å². The highest BCUT2D eigenvalue weighted by Crippen LogP contribution is 2.34. The number of hydrogen-bond donors (Lipinski definition) is 0. The molecule has 0 radical (unpaired) electrons. The summed E-state index contributed by atoms with van der Waals surface area (Å²) in [7, 11) is -3.41. The third kappa shape index (κ3) is 4.42. The van der Waals surface area contributed by atoms with Gasteiger partial charge in [-0.3, -0.25) is 4.90 Å². The van der Waals surface area contributed by atoms with Crippen LogP contribution in [0.4, 0.5) is 0 Å². The lowest BCUT2D eigenvalue weighted by Gasteiger charge is -2.39. The van der Waals surface area contributed by atoms with Crippen molar-refractivity contribution in [1.29, 1.82) is 0 Å². The zero-order chi connectivity index (χ0) is 17.9. The molecule has 6 heteroatoms. The van der Waals surface area contributed by atoms with Gasteiger partial charge in [-0.1, -0.05) is 32.4 Å². The van der Waals surface area contributed by atoms with Crippen LogP contribution in [0, 0.1) is 5.41 Å². The van der Waals surface area contributed by atoms with Gasteiger partial charge in [0, 0.05) is 19.6 Å². The third-order valence-electron chi connectivity index (χ3n) is 5.83. The Kier molecular flexibility index (Phi) is 5.83. The maximum Gasteiger partial charge on any atom is 0.243 e. The van der Waals surface area contributed by atoms with Crippen LogP contribution in [0.15, 0.2) is 29.2 Å². The number of rotatable bonds is 5. The molecule has 0 bridgehead atoms. The Bertz CT molecular complexity index is 676. The number of sulfonamides is 1. The quantitative estimate of drug-likeness (QED) is 0.804. The molecule has 25 heavy (non-hydrogen) atoms. The number of morpholine rings is 1. The van der Waals surface area contributed by atoms with Crippen LogP contribution in [-0.2, 0) is 21.3 Å². The summed E-state index contributed by atoms with van der Waals surface area (Å²) in [6.07, 6.45) is 3.67. The van der Waals surface area contributed by atoms with E-state index in [0.29, 0.717) is 36.6 Å². The average molecular weight is 367 g/mol. The second kappa shape index (κ2) is 7.74. The van der Waals surface area contributed by atoms with Gasteiger partial charge < -0.3 is 4.74 Å². The maximum absolute atomic E-state index is 12.8. The molecule has 1 aromatic rings. The average Bonchev–Trinajstić information content (AvgIpc) is 2.65. The summed E-state index contributed by atoms with van der Waals surface area (Å²) < 4.78 is 32.4. The van der Waals surface area contributed by atoms with Gasteiger partial charge in [-0.2, -0.15) is 4.31 Å². The summed E-state index contributed by atoms with van der Waals surface area (Å²) in [6.45, 7) is 9.48. The van der Waals surface area contributed by atoms with E-state index in [9.17, 15) is 8.42 Å². The Morgan fingerprint density at radius 2 is 1.80 bits per heavy atom. The lowest BCUT2D eigenvalue weighted by Crippen LogP contribution is -2.40. The molecule has 5 nitrogen and oxygen atoms in total. The Morgan fingerprint density at radius 3 is 2.44 bits per heavy atom. The molecule has 0 N–H and O–H groups in total. The predicted molar refractivity (Wildman–Crippen MR) is 98.9 cm³/mol. The van der Waals surface area contributed by atoms with E-state index in [1.54, 1.807) is 6.07 Å². The van der Waals surface area contributed by atoms with Gasteiger partial charge in [-0.05, 0) is 49.0 Å². The lowest BCUT2D eigenvalue weighted by atomic mass is 9.78. The first-order valence-electron chi connectivity index (χ1n) is 9.32. The van der Waals surface area contributed by atoms with Crippen LogP contribution in [0.5, 0.6) is 0 Å². The SMILES string of the molecule is CCC1(C)CCN(Cc2cccc(S(=O)(=O)N3CCOCC3)c2)CC1. The van der Waals surface area contributed by atoms with E-state index >= 15 is 0 Å². The Hall–Kier alpha value is -0.950. The first kappa shape index (κ1) is 18.8. The summed E-state index contributed by atoms with van der Waals surface area (Å²) >= 11 is 0. The van der Waals surface area contributed by atoms with Crippen molar-refractivity contribution in [1.82, 2.24) is 9.21 Å². The van der Waals surface area contributed by atoms with Crippen LogP contribution >= 0.6 is 0 Å². The zero-order valence-electron chi connectivity index (χ0n) is 15.4. The fourth-order valence-electron chi connectivity index (χ4n) is 3.60. The van der Waals surface area contributed by atoms with Crippen molar-refractivity contribution < 1.29 is 13.2 Å². The highest BCUT2D eigenvalue weighted by molar-refractivity contribution is 7.89. The summed E-state index contributed by atoms with van der Waals surface area (Å²) in [4.78, 5) is 2.85. The van der Waals surface area contributed by atoms with Crippen molar-refractivity contribution in [3.05, 3.63) is 29.8 Å². The molecule has 0 unspecified atom stereocenters. The molecule has 2 heterocycles. The summed E-state index contributed by atoms with van der Waals surface area (Å²) in [5.41, 5.74) is 1.55. The second-order valence-electron chi connectivity index (χ2n) is 7.60. The van der Waals surface area contributed by atoms with Gasteiger partial charge in [0.05, 0.1) is 18.1 Å². The van der Waals surface area contributed by atoms with Crippen LogP contribution in [0.1, 0.15) is 38.7 Å². The van der Waals surface area contributed by atoms with Gasteiger partial charge in [0.1, 0.15) is 0 Å². The van der Waals surface area contributed by atoms with Crippen LogP contribution in [0.2, 0.25) is 0 Å². The fraction of sp³-hybridized carbons (Fsp3) is 0.684. The Balaban J connectivity index is 1.68. The van der Waals surface area contributed by atoms with E-state index in [4.69, 9.17) is 4.74 Å². The van der Waals surface area contributed by atoms with Gasteiger partial charge >= 0.3 is 0 Å². The van der Waals surface area contributed by atoms with Gasteiger partial charge in [-0.25, -0.2) is 8.42 Å². The van der Waals surface area contributed by atoms with Crippen molar-refractivity contribution in [2.75, 3.05) is 39.4 Å². The van der Waals surface area contributed by atoms with E-state index in [0.717, 1.165) is 25.2 Å². The van der Waals surface area contributed by atoms with Crippen LogP contribution < -0.4 is 0 Å². The summed E-state index contributed by atoms with van der Waals surface area (Å²) in [6, 6.07) is 7.45. The Morgan fingerprint density at radius 1 is 1.12 bits per heavy atom. The maximum atomic E-state index is 12.8. The van der Waals surface area contributed by atoms with Crippen molar-refractivity contribution >= 4 is 10.0 Å². The zero-order valence-corrected chi connectivity index (χ0v) is 16.2. The summed E-state index contributed by atoms with van der Waals surface area (Å²) in [5.74, 6) is 0. The molecule has 2 saturated heterocycles. The van der Waals surface area contributed by atoms with E-state index in [2.05, 4.69) is 18.7 Å². The fourth-order valence-corrected chi connectivity index (χ4v) is 5.08. The van der Waals surface area contributed by atoms with Crippen molar-refractivity contribution in [2.24, 2.45) is 5.41 Å². The molecule has 0 atom stereocenters. The number of piperidine rings is 1. The van der Waals surface area contributed by atoms with Gasteiger partial charge in [0.2, 0.25) is 10.0 Å². The molecule has 0 aromatic heterocycles. The van der Waals surface area contributed by atoms with E-state index < -0.39 is 10.0 Å². The highest BCUT2D eigenvalue weighted by atomic mass is 32.2. The van der Waals surface area contributed by atoms with Crippen LogP contribution in [0.25, 0.3) is 0 Å². The number of hydrogen-bond acceptors (Lipinski definition) is 4. The van der Waals surface area contributed by atoms with Gasteiger partial charge in [0.15, 0.2) is 0 Å². The molecular weight excluding hydrogens is 336 g/mol. The van der Waals surface area contributed by atoms with Gasteiger partial charge in [0.25, 0.3) is 0 Å². The van der Waals surface area contributed by atoms with Gasteiger partial charge in [-0.15, -0.1) is 0 Å². The van der Waals surface area contributed by atoms with Crippen molar-refractivity contribution in [3.8, 4) is 0 Å². The lowest BCUT2D eigenvalue weighted by molar-refractivity contribution is 0.0730. The smallest absolute Gasteiger partial charge is 0.243 e.